The molecule has 6 N–H and O–H groups in total. The third-order valence-electron chi connectivity index (χ3n) is 3.06. The molecule has 0 aliphatic carbocycles. The van der Waals surface area contributed by atoms with Crippen LogP contribution in [0.15, 0.2) is 42.5 Å². The van der Waals surface area contributed by atoms with Crippen LogP contribution in [-0.4, -0.2) is 27.9 Å². The Morgan fingerprint density at radius 1 is 1.08 bits per heavy atom. The highest BCUT2D eigenvalue weighted by atomic mass is 16.4. The van der Waals surface area contributed by atoms with Gasteiger partial charge in [-0.2, -0.15) is 0 Å². The summed E-state index contributed by atoms with van der Waals surface area (Å²) in [6.45, 7) is 3.23. The standard InChI is InChI=1S/C9H8O4.C8H11N3/c1-5(10)6-3-2-4-7(8(6)11)9(12)13;1-6-4-2-3-5-7(6)11-8(9)10/h2-4,11H,1H3,(H,12,13);2-5H,1H3,(H4,9,10,11). The zero-order valence-corrected chi connectivity index (χ0v) is 13.3. The van der Waals surface area contributed by atoms with Crippen molar-refractivity contribution >= 4 is 23.4 Å². The molecule has 0 fully saturated rings. The van der Waals surface area contributed by atoms with E-state index in [4.69, 9.17) is 16.2 Å². The van der Waals surface area contributed by atoms with Gasteiger partial charge in [0, 0.05) is 5.69 Å². The fourth-order valence-electron chi connectivity index (χ4n) is 1.86. The van der Waals surface area contributed by atoms with E-state index in [0.29, 0.717) is 0 Å². The summed E-state index contributed by atoms with van der Waals surface area (Å²) in [6.07, 6.45) is 0. The number of aryl methyl sites for hydroxylation is 1. The molecule has 24 heavy (non-hydrogen) atoms. The Balaban J connectivity index is 0.000000243. The monoisotopic (exact) mass is 329 g/mol. The van der Waals surface area contributed by atoms with Crippen molar-refractivity contribution in [3.8, 4) is 5.75 Å². The van der Waals surface area contributed by atoms with Crippen LogP contribution in [0.3, 0.4) is 0 Å². The number of guanidine groups is 1. The van der Waals surface area contributed by atoms with Gasteiger partial charge in [0.2, 0.25) is 0 Å². The summed E-state index contributed by atoms with van der Waals surface area (Å²) in [6, 6.07) is 11.7. The van der Waals surface area contributed by atoms with Crippen molar-refractivity contribution in [1.82, 2.24) is 0 Å². The lowest BCUT2D eigenvalue weighted by molar-refractivity contribution is 0.0693. The second-order valence-electron chi connectivity index (χ2n) is 4.92. The molecule has 0 aliphatic rings. The van der Waals surface area contributed by atoms with Gasteiger partial charge >= 0.3 is 5.97 Å². The van der Waals surface area contributed by atoms with Crippen molar-refractivity contribution in [2.75, 3.05) is 5.32 Å². The molecule has 0 heterocycles. The molecule has 2 aromatic rings. The van der Waals surface area contributed by atoms with E-state index in [1.54, 1.807) is 0 Å². The summed E-state index contributed by atoms with van der Waals surface area (Å²) in [5.74, 6) is -2.11. The Morgan fingerprint density at radius 3 is 2.17 bits per heavy atom. The lowest BCUT2D eigenvalue weighted by Crippen LogP contribution is -2.20. The molecule has 7 heteroatoms. The maximum atomic E-state index is 10.9. The first-order chi connectivity index (χ1) is 11.2. The van der Waals surface area contributed by atoms with E-state index in [1.165, 1.54) is 25.1 Å². The maximum Gasteiger partial charge on any atom is 0.339 e. The van der Waals surface area contributed by atoms with Gasteiger partial charge < -0.3 is 21.3 Å². The summed E-state index contributed by atoms with van der Waals surface area (Å²) in [5, 5.41) is 27.7. The van der Waals surface area contributed by atoms with Crippen LogP contribution in [0.5, 0.6) is 5.75 Å². The first-order valence-electron chi connectivity index (χ1n) is 6.97. The van der Waals surface area contributed by atoms with E-state index in [-0.39, 0.29) is 22.9 Å². The van der Waals surface area contributed by atoms with Gasteiger partial charge in [0.05, 0.1) is 5.56 Å². The first kappa shape index (κ1) is 18.7. The number of phenols is 1. The number of aromatic hydroxyl groups is 1. The molecule has 126 valence electrons. The number of Topliss-reactive ketones (excluding diaryl/α,β-unsaturated/α-hetero) is 1. The highest BCUT2D eigenvalue weighted by Gasteiger charge is 2.14. The van der Waals surface area contributed by atoms with Crippen molar-refractivity contribution < 1.29 is 19.8 Å². The summed E-state index contributed by atoms with van der Waals surface area (Å²) < 4.78 is 0. The minimum atomic E-state index is -1.25. The third kappa shape index (κ3) is 5.13. The number of rotatable bonds is 3. The van der Waals surface area contributed by atoms with Gasteiger partial charge in [0.1, 0.15) is 11.3 Å². The molecule has 0 atom stereocenters. The molecule has 0 unspecified atom stereocenters. The largest absolute Gasteiger partial charge is 0.506 e. The highest BCUT2D eigenvalue weighted by molar-refractivity contribution is 6.01. The van der Waals surface area contributed by atoms with Crippen LogP contribution < -0.4 is 11.1 Å². The molecule has 0 saturated heterocycles. The summed E-state index contributed by atoms with van der Waals surface area (Å²) in [7, 11) is 0. The molecule has 2 rings (SSSR count). The van der Waals surface area contributed by atoms with Crippen LogP contribution in [-0.2, 0) is 0 Å². The number of nitrogens with two attached hydrogens (primary N) is 1. The maximum absolute atomic E-state index is 10.9. The van der Waals surface area contributed by atoms with Crippen LogP contribution in [0.25, 0.3) is 0 Å². The number of carbonyl (C=O) groups is 2. The van der Waals surface area contributed by atoms with Gasteiger partial charge in [0.15, 0.2) is 11.7 Å². The van der Waals surface area contributed by atoms with Crippen molar-refractivity contribution in [2.45, 2.75) is 13.8 Å². The number of carbonyl (C=O) groups excluding carboxylic acids is 1. The van der Waals surface area contributed by atoms with Crippen molar-refractivity contribution in [3.05, 3.63) is 59.2 Å². The molecule has 0 radical (unpaired) electrons. The number of carboxylic acids is 1. The lowest BCUT2D eigenvalue weighted by atomic mass is 10.1. The van der Waals surface area contributed by atoms with Crippen LogP contribution >= 0.6 is 0 Å². The fraction of sp³-hybridized carbons (Fsp3) is 0.118. The van der Waals surface area contributed by atoms with E-state index in [0.717, 1.165) is 11.3 Å². The number of aromatic carboxylic acids is 1. The van der Waals surface area contributed by atoms with Crippen LogP contribution in [0.4, 0.5) is 5.69 Å². The Kier molecular flexibility index (Phi) is 6.49. The predicted octanol–water partition coefficient (Wildman–Crippen LogP) is 2.59. The molecular formula is C17H19N3O4. The molecule has 7 nitrogen and oxygen atoms in total. The Labute approximate surface area is 139 Å². The number of nitrogens with one attached hydrogen (secondary N) is 2. The second kappa shape index (κ2) is 8.33. The summed E-state index contributed by atoms with van der Waals surface area (Å²) >= 11 is 0. The molecular weight excluding hydrogens is 310 g/mol. The molecule has 0 spiro atoms. The molecule has 0 amide bonds. The molecule has 0 bridgehead atoms. The van der Waals surface area contributed by atoms with Crippen LogP contribution in [0, 0.1) is 12.3 Å². The topological polar surface area (TPSA) is 137 Å². The predicted molar refractivity (Wildman–Crippen MR) is 91.8 cm³/mol. The number of para-hydroxylation sites is 2. The van der Waals surface area contributed by atoms with Gasteiger partial charge in [-0.3, -0.25) is 10.2 Å². The zero-order chi connectivity index (χ0) is 18.3. The summed E-state index contributed by atoms with van der Waals surface area (Å²) in [4.78, 5) is 21.4. The van der Waals surface area contributed by atoms with Crippen LogP contribution in [0.2, 0.25) is 0 Å². The fourth-order valence-corrected chi connectivity index (χ4v) is 1.86. The molecule has 0 saturated carbocycles. The van der Waals surface area contributed by atoms with E-state index >= 15 is 0 Å². The van der Waals surface area contributed by atoms with Crippen molar-refractivity contribution in [1.29, 1.82) is 5.41 Å². The normalized spacial score (nSPS) is 9.42. The smallest absolute Gasteiger partial charge is 0.339 e. The Morgan fingerprint density at radius 2 is 1.67 bits per heavy atom. The second-order valence-corrected chi connectivity index (χ2v) is 4.92. The van der Waals surface area contributed by atoms with Gasteiger partial charge in [-0.1, -0.05) is 24.3 Å². The van der Waals surface area contributed by atoms with Crippen molar-refractivity contribution in [3.63, 3.8) is 0 Å². The van der Waals surface area contributed by atoms with E-state index in [1.807, 2.05) is 31.2 Å². The van der Waals surface area contributed by atoms with Gasteiger partial charge in [0.25, 0.3) is 0 Å². The number of carboxylic acid groups (broad SMARTS) is 1. The molecule has 0 aliphatic heterocycles. The molecule has 0 aromatic heterocycles. The Hall–Kier alpha value is -3.35. The zero-order valence-electron chi connectivity index (χ0n) is 13.3. The summed E-state index contributed by atoms with van der Waals surface area (Å²) in [5.41, 5.74) is 6.91. The SMILES string of the molecule is CC(=O)c1cccc(C(=O)O)c1O.Cc1ccccc1NC(=N)N. The quantitative estimate of drug-likeness (QED) is 0.333. The Bertz CT molecular complexity index is 740. The average Bonchev–Trinajstić information content (AvgIpc) is 2.49. The average molecular weight is 329 g/mol. The van der Waals surface area contributed by atoms with E-state index < -0.39 is 11.7 Å². The number of anilines is 1. The molecule has 2 aromatic carbocycles. The first-order valence-corrected chi connectivity index (χ1v) is 6.97. The number of ketones is 1. The van der Waals surface area contributed by atoms with E-state index in [9.17, 15) is 14.7 Å². The number of hydrogen-bond donors (Lipinski definition) is 5. The lowest BCUT2D eigenvalue weighted by Gasteiger charge is -2.05. The minimum absolute atomic E-state index is 0.0277. The van der Waals surface area contributed by atoms with Gasteiger partial charge in [-0.05, 0) is 37.6 Å². The van der Waals surface area contributed by atoms with Gasteiger partial charge in [-0.15, -0.1) is 0 Å². The van der Waals surface area contributed by atoms with E-state index in [2.05, 4.69) is 5.32 Å². The van der Waals surface area contributed by atoms with Crippen molar-refractivity contribution in [2.24, 2.45) is 5.73 Å². The number of hydrogen-bond acceptors (Lipinski definition) is 4. The number of benzene rings is 2. The third-order valence-corrected chi connectivity index (χ3v) is 3.06. The minimum Gasteiger partial charge on any atom is -0.506 e. The van der Waals surface area contributed by atoms with Crippen LogP contribution in [0.1, 0.15) is 33.2 Å². The highest BCUT2D eigenvalue weighted by Crippen LogP contribution is 2.22. The van der Waals surface area contributed by atoms with Gasteiger partial charge in [-0.25, -0.2) is 4.79 Å².